The normalized spacial score (nSPS) is 15.1. The summed E-state index contributed by atoms with van der Waals surface area (Å²) in [6.45, 7) is 7.64. The molecule has 2 aromatic rings. The SMILES string of the molecule is Cc1ccc(S(=O)(=O)NCCCc2ccc(N3CCOCC3)cc2)c(C)c1. The van der Waals surface area contributed by atoms with Crippen LogP contribution in [0.2, 0.25) is 0 Å². The summed E-state index contributed by atoms with van der Waals surface area (Å²) in [6, 6.07) is 13.9. The molecule has 2 aromatic carbocycles. The minimum absolute atomic E-state index is 0.364. The molecule has 0 bridgehead atoms. The third-order valence-corrected chi connectivity index (χ3v) is 6.49. The van der Waals surface area contributed by atoms with E-state index in [1.165, 1.54) is 11.3 Å². The van der Waals surface area contributed by atoms with Crippen LogP contribution in [-0.2, 0) is 21.2 Å². The summed E-state index contributed by atoms with van der Waals surface area (Å²) in [7, 11) is -3.45. The monoisotopic (exact) mass is 388 g/mol. The summed E-state index contributed by atoms with van der Waals surface area (Å²) in [5, 5.41) is 0. The Morgan fingerprint density at radius 2 is 1.74 bits per heavy atom. The van der Waals surface area contributed by atoms with Crippen molar-refractivity contribution in [2.45, 2.75) is 31.6 Å². The van der Waals surface area contributed by atoms with Crippen molar-refractivity contribution in [2.75, 3.05) is 37.7 Å². The molecule has 27 heavy (non-hydrogen) atoms. The summed E-state index contributed by atoms with van der Waals surface area (Å²) in [5.74, 6) is 0. The highest BCUT2D eigenvalue weighted by atomic mass is 32.2. The highest BCUT2D eigenvalue weighted by Gasteiger charge is 2.16. The highest BCUT2D eigenvalue weighted by molar-refractivity contribution is 7.89. The van der Waals surface area contributed by atoms with Crippen LogP contribution in [0.25, 0.3) is 0 Å². The first-order valence-corrected chi connectivity index (χ1v) is 10.9. The highest BCUT2D eigenvalue weighted by Crippen LogP contribution is 2.18. The van der Waals surface area contributed by atoms with Gasteiger partial charge in [0.05, 0.1) is 18.1 Å². The number of benzene rings is 2. The summed E-state index contributed by atoms with van der Waals surface area (Å²) in [6.07, 6.45) is 1.61. The third kappa shape index (κ3) is 5.31. The lowest BCUT2D eigenvalue weighted by Crippen LogP contribution is -2.36. The average molecular weight is 389 g/mol. The van der Waals surface area contributed by atoms with Gasteiger partial charge in [0, 0.05) is 25.3 Å². The van der Waals surface area contributed by atoms with Crippen LogP contribution in [0.1, 0.15) is 23.1 Å². The van der Waals surface area contributed by atoms with Gasteiger partial charge in [-0.25, -0.2) is 13.1 Å². The third-order valence-electron chi connectivity index (χ3n) is 4.87. The zero-order chi connectivity index (χ0) is 19.3. The second-order valence-electron chi connectivity index (χ2n) is 7.04. The molecule has 0 amide bonds. The number of hydrogen-bond donors (Lipinski definition) is 1. The van der Waals surface area contributed by atoms with Crippen LogP contribution in [0.3, 0.4) is 0 Å². The smallest absolute Gasteiger partial charge is 0.240 e. The van der Waals surface area contributed by atoms with E-state index in [9.17, 15) is 8.42 Å². The van der Waals surface area contributed by atoms with Gasteiger partial charge < -0.3 is 9.64 Å². The van der Waals surface area contributed by atoms with E-state index in [1.54, 1.807) is 6.07 Å². The molecule has 1 fully saturated rings. The molecule has 3 rings (SSSR count). The van der Waals surface area contributed by atoms with E-state index < -0.39 is 10.0 Å². The van der Waals surface area contributed by atoms with Crippen molar-refractivity contribution in [2.24, 2.45) is 0 Å². The van der Waals surface area contributed by atoms with Crippen molar-refractivity contribution < 1.29 is 13.2 Å². The van der Waals surface area contributed by atoms with Crippen LogP contribution in [0.4, 0.5) is 5.69 Å². The largest absolute Gasteiger partial charge is 0.378 e. The molecule has 146 valence electrons. The molecule has 0 saturated carbocycles. The molecule has 1 aliphatic heterocycles. The topological polar surface area (TPSA) is 58.6 Å². The van der Waals surface area contributed by atoms with Crippen LogP contribution < -0.4 is 9.62 Å². The molecule has 0 aliphatic carbocycles. The summed E-state index contributed by atoms with van der Waals surface area (Å²) >= 11 is 0. The number of anilines is 1. The van der Waals surface area contributed by atoms with Gasteiger partial charge in [-0.2, -0.15) is 0 Å². The predicted molar refractivity (Wildman–Crippen MR) is 109 cm³/mol. The first-order chi connectivity index (χ1) is 13.0. The van der Waals surface area contributed by atoms with E-state index in [0.717, 1.165) is 50.3 Å². The van der Waals surface area contributed by atoms with Gasteiger partial charge >= 0.3 is 0 Å². The maximum Gasteiger partial charge on any atom is 0.240 e. The number of ether oxygens (including phenoxy) is 1. The van der Waals surface area contributed by atoms with Gasteiger partial charge in [0.25, 0.3) is 0 Å². The Hall–Kier alpha value is -1.89. The van der Waals surface area contributed by atoms with E-state index >= 15 is 0 Å². The Morgan fingerprint density at radius 3 is 2.41 bits per heavy atom. The molecule has 0 radical (unpaired) electrons. The fraction of sp³-hybridized carbons (Fsp3) is 0.429. The Bertz CT molecular complexity index is 857. The second-order valence-corrected chi connectivity index (χ2v) is 8.77. The van der Waals surface area contributed by atoms with Crippen molar-refractivity contribution in [3.8, 4) is 0 Å². The molecule has 1 saturated heterocycles. The van der Waals surface area contributed by atoms with Crippen molar-refractivity contribution in [3.05, 3.63) is 59.2 Å². The number of nitrogens with zero attached hydrogens (tertiary/aromatic N) is 1. The molecule has 1 aliphatic rings. The molecule has 0 unspecified atom stereocenters. The van der Waals surface area contributed by atoms with Gasteiger partial charge in [-0.1, -0.05) is 29.8 Å². The molecule has 6 heteroatoms. The van der Waals surface area contributed by atoms with E-state index in [2.05, 4.69) is 33.9 Å². The average Bonchev–Trinajstić information content (AvgIpc) is 2.66. The molecular formula is C21H28N2O3S. The lowest BCUT2D eigenvalue weighted by atomic mass is 10.1. The molecule has 0 spiro atoms. The van der Waals surface area contributed by atoms with Gasteiger partial charge in [-0.05, 0) is 56.0 Å². The van der Waals surface area contributed by atoms with Gasteiger partial charge in [0.15, 0.2) is 0 Å². The molecular weight excluding hydrogens is 360 g/mol. The van der Waals surface area contributed by atoms with Gasteiger partial charge in [0.2, 0.25) is 10.0 Å². The van der Waals surface area contributed by atoms with Gasteiger partial charge in [-0.3, -0.25) is 0 Å². The first-order valence-electron chi connectivity index (χ1n) is 9.44. The summed E-state index contributed by atoms with van der Waals surface area (Å²) in [4.78, 5) is 2.69. The lowest BCUT2D eigenvalue weighted by Gasteiger charge is -2.28. The number of nitrogens with one attached hydrogen (secondary N) is 1. The number of rotatable bonds is 7. The fourth-order valence-corrected chi connectivity index (χ4v) is 4.67. The van der Waals surface area contributed by atoms with E-state index in [-0.39, 0.29) is 0 Å². The van der Waals surface area contributed by atoms with Gasteiger partial charge in [0.1, 0.15) is 0 Å². The number of hydrogen-bond acceptors (Lipinski definition) is 4. The molecule has 1 N–H and O–H groups in total. The number of sulfonamides is 1. The Morgan fingerprint density at radius 1 is 1.04 bits per heavy atom. The molecule has 0 atom stereocenters. The minimum atomic E-state index is -3.45. The number of aryl methyl sites for hydroxylation is 3. The minimum Gasteiger partial charge on any atom is -0.378 e. The zero-order valence-electron chi connectivity index (χ0n) is 16.1. The molecule has 5 nitrogen and oxygen atoms in total. The standard InChI is InChI=1S/C21H28N2O3S/c1-17-5-10-21(18(2)16-17)27(24,25)22-11-3-4-19-6-8-20(9-7-19)23-12-14-26-15-13-23/h5-10,16,22H,3-4,11-15H2,1-2H3. The predicted octanol–water partition coefficient (Wildman–Crippen LogP) is 3.05. The maximum atomic E-state index is 12.5. The maximum absolute atomic E-state index is 12.5. The van der Waals surface area contributed by atoms with Crippen molar-refractivity contribution in [3.63, 3.8) is 0 Å². The Kier molecular flexibility index (Phi) is 6.52. The van der Waals surface area contributed by atoms with Crippen LogP contribution >= 0.6 is 0 Å². The second kappa shape index (κ2) is 8.87. The molecule has 0 aromatic heterocycles. The van der Waals surface area contributed by atoms with Crippen LogP contribution in [0.15, 0.2) is 47.4 Å². The quantitative estimate of drug-likeness (QED) is 0.741. The van der Waals surface area contributed by atoms with Crippen LogP contribution in [0.5, 0.6) is 0 Å². The van der Waals surface area contributed by atoms with Crippen LogP contribution in [-0.4, -0.2) is 41.3 Å². The van der Waals surface area contributed by atoms with Crippen molar-refractivity contribution in [1.29, 1.82) is 0 Å². The van der Waals surface area contributed by atoms with E-state index in [0.29, 0.717) is 11.4 Å². The fourth-order valence-electron chi connectivity index (χ4n) is 3.37. The summed E-state index contributed by atoms with van der Waals surface area (Å²) in [5.41, 5.74) is 4.28. The van der Waals surface area contributed by atoms with Crippen molar-refractivity contribution >= 4 is 15.7 Å². The Labute approximate surface area is 162 Å². The van der Waals surface area contributed by atoms with E-state index in [4.69, 9.17) is 4.74 Å². The van der Waals surface area contributed by atoms with Crippen molar-refractivity contribution in [1.82, 2.24) is 4.72 Å². The summed E-state index contributed by atoms with van der Waals surface area (Å²) < 4.78 is 33.0. The van der Waals surface area contributed by atoms with E-state index in [1.807, 2.05) is 26.0 Å². The number of morpholine rings is 1. The molecule has 1 heterocycles. The Balaban J connectivity index is 1.49. The first kappa shape index (κ1) is 19.9. The zero-order valence-corrected chi connectivity index (χ0v) is 16.9. The van der Waals surface area contributed by atoms with Crippen LogP contribution in [0, 0.1) is 13.8 Å². The van der Waals surface area contributed by atoms with Gasteiger partial charge in [-0.15, -0.1) is 0 Å². The lowest BCUT2D eigenvalue weighted by molar-refractivity contribution is 0.122.